The third-order valence-corrected chi connectivity index (χ3v) is 8.46. The number of aliphatic carboxylic acids is 1. The largest absolute Gasteiger partial charge is 0.489 e. The molecule has 2 aliphatic rings. The highest BCUT2D eigenvalue weighted by atomic mass is 32.3. The third-order valence-electron chi connectivity index (χ3n) is 7.19. The molecular formula is C26H31F3N8O10S2. The van der Waals surface area contributed by atoms with Crippen LogP contribution in [0.4, 0.5) is 18.3 Å². The average Bonchev–Trinajstić information content (AvgIpc) is 3.42. The lowest BCUT2D eigenvalue weighted by atomic mass is 9.84. The Morgan fingerprint density at radius 2 is 1.88 bits per heavy atom. The van der Waals surface area contributed by atoms with E-state index >= 15 is 0 Å². The minimum atomic E-state index is -5.16. The molecule has 2 unspecified atom stereocenters. The van der Waals surface area contributed by atoms with Crippen molar-refractivity contribution < 1.29 is 59.5 Å². The number of nitrogen functional groups attached to an aromatic ring is 1. The summed E-state index contributed by atoms with van der Waals surface area (Å²) in [7, 11) is -5.16. The van der Waals surface area contributed by atoms with Crippen molar-refractivity contribution in [2.75, 3.05) is 25.4 Å². The SMILES string of the molecule is CC1(C)C(NC(=O)C(=NOC(COc2ccc(C(N)=NC3CCNCC3)cc2)C(=O)O)c2nc(N)sc2C(F)(F)F)C(=O)N1OS(=O)(=O)O. The molecule has 4 rings (SSSR count). The zero-order valence-electron chi connectivity index (χ0n) is 25.6. The van der Waals surface area contributed by atoms with Crippen LogP contribution in [0.5, 0.6) is 5.75 Å². The lowest BCUT2D eigenvalue weighted by Gasteiger charge is -2.50. The molecule has 0 radical (unpaired) electrons. The van der Waals surface area contributed by atoms with Crippen LogP contribution >= 0.6 is 11.3 Å². The number of piperidine rings is 1. The standard InChI is InChI=1S/C26H31F3N8O10S2/c1-25(2)18(22(39)37(25)47-49(42,43)44)35-21(38)17(16-19(26(27,28)29)48-24(31)34-16)36-46-15(23(40)41)11-45-14-5-3-12(4-6-14)20(30)33-13-7-9-32-10-8-13/h3-6,13,15,18,32H,7-11H2,1-2H3,(H2,30,33)(H2,31,34)(H,35,38)(H,40,41)(H,42,43,44). The van der Waals surface area contributed by atoms with E-state index in [0.717, 1.165) is 25.9 Å². The van der Waals surface area contributed by atoms with Gasteiger partial charge in [-0.05, 0) is 64.0 Å². The number of amidine groups is 1. The summed E-state index contributed by atoms with van der Waals surface area (Å²) in [4.78, 5) is 49.3. The number of rotatable bonds is 13. The van der Waals surface area contributed by atoms with Gasteiger partial charge in [-0.3, -0.25) is 19.1 Å². The summed E-state index contributed by atoms with van der Waals surface area (Å²) < 4.78 is 82.3. The van der Waals surface area contributed by atoms with Crippen molar-refractivity contribution in [2.45, 2.75) is 56.6 Å². The first kappa shape index (κ1) is 37.2. The molecule has 18 nitrogen and oxygen atoms in total. The predicted octanol–water partition coefficient (Wildman–Crippen LogP) is 0.294. The van der Waals surface area contributed by atoms with E-state index < -0.39 is 80.1 Å². The first-order chi connectivity index (χ1) is 22.8. The van der Waals surface area contributed by atoms with Crippen molar-refractivity contribution in [2.24, 2.45) is 15.9 Å². The Kier molecular flexibility index (Phi) is 11.0. The second-order valence-electron chi connectivity index (χ2n) is 11.1. The number of carbonyl (C=O) groups is 3. The minimum Gasteiger partial charge on any atom is -0.489 e. The van der Waals surface area contributed by atoms with Crippen LogP contribution in [0.25, 0.3) is 0 Å². The first-order valence-corrected chi connectivity index (χ1v) is 16.4. The Morgan fingerprint density at radius 1 is 1.24 bits per heavy atom. The number of aliphatic imine (C=N–C) groups is 1. The number of carboxylic acid groups (broad SMARTS) is 1. The van der Waals surface area contributed by atoms with E-state index in [4.69, 9.17) is 25.6 Å². The molecule has 2 fully saturated rings. The van der Waals surface area contributed by atoms with Gasteiger partial charge in [0.1, 0.15) is 34.8 Å². The maximum absolute atomic E-state index is 13.8. The summed E-state index contributed by atoms with van der Waals surface area (Å²) in [6, 6.07) is 4.56. The number of carboxylic acids is 1. The van der Waals surface area contributed by atoms with E-state index in [-0.39, 0.29) is 28.2 Å². The quantitative estimate of drug-likeness (QED) is 0.0531. The number of thiazole rings is 1. The monoisotopic (exact) mass is 736 g/mol. The van der Waals surface area contributed by atoms with Crippen molar-refractivity contribution in [3.8, 4) is 5.75 Å². The zero-order chi connectivity index (χ0) is 36.3. The molecule has 3 heterocycles. The Labute approximate surface area is 280 Å². The van der Waals surface area contributed by atoms with E-state index in [9.17, 15) is 41.1 Å². The topological polar surface area (TPSA) is 270 Å². The predicted molar refractivity (Wildman–Crippen MR) is 165 cm³/mol. The molecule has 0 aliphatic carbocycles. The highest BCUT2D eigenvalue weighted by Crippen LogP contribution is 2.38. The number of hydroxylamine groups is 2. The number of benzene rings is 1. The number of aromatic nitrogens is 1. The molecule has 0 saturated carbocycles. The van der Waals surface area contributed by atoms with Gasteiger partial charge in [-0.2, -0.15) is 26.7 Å². The summed E-state index contributed by atoms with van der Waals surface area (Å²) in [6.45, 7) is 3.29. The molecule has 49 heavy (non-hydrogen) atoms. The summed E-state index contributed by atoms with van der Waals surface area (Å²) in [5.74, 6) is -3.95. The van der Waals surface area contributed by atoms with Crippen molar-refractivity contribution in [1.82, 2.24) is 20.7 Å². The number of hydrogen-bond acceptors (Lipinski definition) is 14. The molecule has 2 saturated heterocycles. The second kappa shape index (κ2) is 14.5. The summed E-state index contributed by atoms with van der Waals surface area (Å²) in [5.41, 5.74) is 8.14. The van der Waals surface area contributed by atoms with E-state index in [1.807, 2.05) is 0 Å². The van der Waals surface area contributed by atoms with Gasteiger partial charge in [0, 0.05) is 5.56 Å². The van der Waals surface area contributed by atoms with Crippen LogP contribution in [0.3, 0.4) is 0 Å². The molecule has 2 atom stereocenters. The molecule has 1 aromatic carbocycles. The Hall–Kier alpha value is -4.58. The number of β-lactam (4-membered cyclic amide) rings is 1. The second-order valence-corrected chi connectivity index (χ2v) is 13.2. The minimum absolute atomic E-state index is 0.0521. The fourth-order valence-electron chi connectivity index (χ4n) is 4.66. The van der Waals surface area contributed by atoms with Crippen molar-refractivity contribution >= 4 is 56.2 Å². The molecular weight excluding hydrogens is 705 g/mol. The number of amides is 2. The van der Waals surface area contributed by atoms with Gasteiger partial charge in [-0.25, -0.2) is 9.78 Å². The van der Waals surface area contributed by atoms with Crippen molar-refractivity contribution in [3.05, 3.63) is 40.4 Å². The summed E-state index contributed by atoms with van der Waals surface area (Å²) >= 11 is -0.0521. The number of nitrogens with two attached hydrogens (primary N) is 2. The molecule has 2 aromatic rings. The number of nitrogens with zero attached hydrogens (tertiary/aromatic N) is 4. The van der Waals surface area contributed by atoms with Crippen LogP contribution in [-0.2, 0) is 40.1 Å². The number of nitrogens with one attached hydrogen (secondary N) is 2. The zero-order valence-corrected chi connectivity index (χ0v) is 27.3. The number of ether oxygens (including phenoxy) is 1. The molecule has 2 aliphatic heterocycles. The molecule has 0 bridgehead atoms. The lowest BCUT2D eigenvalue weighted by Crippen LogP contribution is -2.76. The smallest absolute Gasteiger partial charge is 0.427 e. The van der Waals surface area contributed by atoms with Crippen LogP contribution in [0.2, 0.25) is 0 Å². The lowest BCUT2D eigenvalue weighted by molar-refractivity contribution is -0.218. The Morgan fingerprint density at radius 3 is 2.43 bits per heavy atom. The van der Waals surface area contributed by atoms with Gasteiger partial charge in [0.05, 0.1) is 11.6 Å². The normalized spacial score (nSPS) is 19.6. The molecule has 1 aromatic heterocycles. The van der Waals surface area contributed by atoms with Crippen LogP contribution in [0.15, 0.2) is 34.4 Å². The van der Waals surface area contributed by atoms with Crippen LogP contribution in [0.1, 0.15) is 42.8 Å². The molecule has 268 valence electrons. The Balaban J connectivity index is 1.53. The van der Waals surface area contributed by atoms with Gasteiger partial charge in [0.15, 0.2) is 10.8 Å². The summed E-state index contributed by atoms with van der Waals surface area (Å²) in [5, 5.41) is 17.9. The van der Waals surface area contributed by atoms with E-state index in [1.165, 1.54) is 26.0 Å². The molecule has 8 N–H and O–H groups in total. The van der Waals surface area contributed by atoms with Crippen molar-refractivity contribution in [1.29, 1.82) is 0 Å². The van der Waals surface area contributed by atoms with E-state index in [2.05, 4.69) is 30.0 Å². The average molecular weight is 737 g/mol. The maximum atomic E-state index is 13.8. The van der Waals surface area contributed by atoms with Gasteiger partial charge >= 0.3 is 22.5 Å². The van der Waals surface area contributed by atoms with E-state index in [1.54, 1.807) is 12.1 Å². The number of oxime groups is 1. The van der Waals surface area contributed by atoms with E-state index in [0.29, 0.717) is 11.4 Å². The number of alkyl halides is 3. The van der Waals surface area contributed by atoms with Gasteiger partial charge in [0.25, 0.3) is 17.9 Å². The number of carbonyl (C=O) groups excluding carboxylic acids is 2. The number of halogens is 3. The summed E-state index contributed by atoms with van der Waals surface area (Å²) in [6.07, 6.45) is -5.43. The third kappa shape index (κ3) is 9.11. The highest BCUT2D eigenvalue weighted by Gasteiger charge is 2.58. The van der Waals surface area contributed by atoms with Gasteiger partial charge in [-0.15, -0.1) is 4.28 Å². The van der Waals surface area contributed by atoms with Crippen LogP contribution in [-0.4, -0.2) is 101 Å². The van der Waals surface area contributed by atoms with Crippen molar-refractivity contribution in [3.63, 3.8) is 0 Å². The maximum Gasteiger partial charge on any atom is 0.427 e. The number of anilines is 1. The van der Waals surface area contributed by atoms with Crippen LogP contribution in [0, 0.1) is 0 Å². The van der Waals surface area contributed by atoms with Gasteiger partial charge < -0.3 is 36.8 Å². The number of hydrogen-bond donors (Lipinski definition) is 6. The highest BCUT2D eigenvalue weighted by molar-refractivity contribution is 7.80. The fraction of sp³-hybridized carbons (Fsp3) is 0.462. The first-order valence-electron chi connectivity index (χ1n) is 14.2. The molecule has 2 amide bonds. The van der Waals surface area contributed by atoms with Gasteiger partial charge in [0.2, 0.25) is 0 Å². The van der Waals surface area contributed by atoms with Gasteiger partial charge in [-0.1, -0.05) is 16.5 Å². The molecule has 0 spiro atoms. The van der Waals surface area contributed by atoms with Crippen LogP contribution < -0.4 is 26.8 Å². The molecule has 23 heteroatoms. The fourth-order valence-corrected chi connectivity index (χ4v) is 5.82. The Bertz CT molecular complexity index is 1740.